The molecule has 0 atom stereocenters. The lowest BCUT2D eigenvalue weighted by Crippen LogP contribution is -2.13. The first-order chi connectivity index (χ1) is 12.6. The second-order valence-electron chi connectivity index (χ2n) is 6.26. The molecule has 2 aromatic carbocycles. The summed E-state index contributed by atoms with van der Waals surface area (Å²) in [5, 5.41) is 3.90. The van der Waals surface area contributed by atoms with Gasteiger partial charge >= 0.3 is 6.18 Å². The van der Waals surface area contributed by atoms with E-state index in [1.54, 1.807) is 13.8 Å². The third-order valence-electron chi connectivity index (χ3n) is 3.75. The third kappa shape index (κ3) is 4.32. The molecular formula is C19H16BrF3N2O2. The van der Waals surface area contributed by atoms with Gasteiger partial charge in [-0.1, -0.05) is 21.1 Å². The van der Waals surface area contributed by atoms with Gasteiger partial charge in [-0.2, -0.15) is 18.2 Å². The van der Waals surface area contributed by atoms with E-state index in [0.29, 0.717) is 5.82 Å². The fraction of sp³-hybridized carbons (Fsp3) is 0.263. The van der Waals surface area contributed by atoms with Crippen molar-refractivity contribution < 1.29 is 22.4 Å². The van der Waals surface area contributed by atoms with Gasteiger partial charge in [0.15, 0.2) is 0 Å². The highest BCUT2D eigenvalue weighted by Crippen LogP contribution is 2.39. The van der Waals surface area contributed by atoms with Crippen LogP contribution in [0.1, 0.15) is 25.0 Å². The van der Waals surface area contributed by atoms with Crippen LogP contribution < -0.4 is 4.74 Å². The summed E-state index contributed by atoms with van der Waals surface area (Å²) >= 11 is 3.38. The van der Waals surface area contributed by atoms with Gasteiger partial charge in [0, 0.05) is 15.6 Å². The summed E-state index contributed by atoms with van der Waals surface area (Å²) in [6, 6.07) is 9.24. The van der Waals surface area contributed by atoms with Gasteiger partial charge < -0.3 is 9.26 Å². The van der Waals surface area contributed by atoms with Crippen LogP contribution in [-0.4, -0.2) is 16.2 Å². The molecule has 0 unspecified atom stereocenters. The molecule has 0 aliphatic carbocycles. The minimum atomic E-state index is -4.56. The number of nitrogens with zero attached hydrogens (tertiary/aromatic N) is 2. The van der Waals surface area contributed by atoms with Crippen LogP contribution in [0.4, 0.5) is 13.2 Å². The Morgan fingerprint density at radius 3 is 2.48 bits per heavy atom. The van der Waals surface area contributed by atoms with Gasteiger partial charge in [0.25, 0.3) is 5.89 Å². The molecular weight excluding hydrogens is 425 g/mol. The standard InChI is InChI=1S/C19H16BrF3N2O2/c1-10(2)26-16-7-4-12(9-15(16)19(21,22)23)18-24-17(25-27-18)14-6-5-13(20)8-11(14)3/h4-10H,1-3H3. The number of ether oxygens (including phenoxy) is 1. The SMILES string of the molecule is Cc1cc(Br)ccc1-c1noc(-c2ccc(OC(C)C)c(C(F)(F)F)c2)n1. The highest BCUT2D eigenvalue weighted by Gasteiger charge is 2.35. The molecule has 8 heteroatoms. The van der Waals surface area contributed by atoms with Crippen molar-refractivity contribution >= 4 is 15.9 Å². The molecule has 0 aliphatic heterocycles. The zero-order chi connectivity index (χ0) is 19.8. The molecule has 0 amide bonds. The summed E-state index contributed by atoms with van der Waals surface area (Å²) in [7, 11) is 0. The van der Waals surface area contributed by atoms with Crippen LogP contribution in [0.5, 0.6) is 5.75 Å². The van der Waals surface area contributed by atoms with E-state index in [-0.39, 0.29) is 23.3 Å². The van der Waals surface area contributed by atoms with Crippen LogP contribution in [-0.2, 0) is 6.18 Å². The quantitative estimate of drug-likeness (QED) is 0.478. The highest BCUT2D eigenvalue weighted by atomic mass is 79.9. The van der Waals surface area contributed by atoms with Crippen LogP contribution in [0.25, 0.3) is 22.8 Å². The monoisotopic (exact) mass is 440 g/mol. The Labute approximate surface area is 162 Å². The molecule has 0 saturated heterocycles. The summed E-state index contributed by atoms with van der Waals surface area (Å²) in [5.74, 6) is 0.0877. The fourth-order valence-corrected chi connectivity index (χ4v) is 3.04. The zero-order valence-corrected chi connectivity index (χ0v) is 16.4. The van der Waals surface area contributed by atoms with Gasteiger partial charge in [0.1, 0.15) is 5.75 Å². The van der Waals surface area contributed by atoms with Crippen molar-refractivity contribution in [3.05, 3.63) is 52.0 Å². The Kier molecular flexibility index (Phi) is 5.28. The average molecular weight is 441 g/mol. The van der Waals surface area contributed by atoms with Crippen molar-refractivity contribution in [2.24, 2.45) is 0 Å². The Bertz CT molecular complexity index is 968. The summed E-state index contributed by atoms with van der Waals surface area (Å²) in [5.41, 5.74) is 0.942. The van der Waals surface area contributed by atoms with Crippen molar-refractivity contribution in [1.82, 2.24) is 10.1 Å². The van der Waals surface area contributed by atoms with Gasteiger partial charge in [-0.3, -0.25) is 0 Å². The molecule has 3 rings (SSSR count). The number of aryl methyl sites for hydroxylation is 1. The first-order valence-corrected chi connectivity index (χ1v) is 8.93. The van der Waals surface area contributed by atoms with Crippen molar-refractivity contribution in [3.8, 4) is 28.6 Å². The average Bonchev–Trinajstić information content (AvgIpc) is 3.03. The molecule has 0 saturated carbocycles. The second-order valence-corrected chi connectivity index (χ2v) is 7.17. The van der Waals surface area contributed by atoms with Crippen molar-refractivity contribution in [3.63, 3.8) is 0 Å². The first-order valence-electron chi connectivity index (χ1n) is 8.13. The minimum Gasteiger partial charge on any atom is -0.490 e. The molecule has 27 heavy (non-hydrogen) atoms. The molecule has 1 heterocycles. The lowest BCUT2D eigenvalue weighted by Gasteiger charge is -2.16. The first kappa shape index (κ1) is 19.4. The van der Waals surface area contributed by atoms with Gasteiger partial charge in [-0.25, -0.2) is 0 Å². The van der Waals surface area contributed by atoms with Crippen molar-refractivity contribution in [2.45, 2.75) is 33.1 Å². The molecule has 1 aromatic heterocycles. The van der Waals surface area contributed by atoms with Crippen LogP contribution >= 0.6 is 15.9 Å². The summed E-state index contributed by atoms with van der Waals surface area (Å²) in [6.45, 7) is 5.22. The normalized spacial score (nSPS) is 11.9. The van der Waals surface area contributed by atoms with E-state index in [0.717, 1.165) is 21.7 Å². The van der Waals surface area contributed by atoms with Crippen LogP contribution in [0.2, 0.25) is 0 Å². The maximum absolute atomic E-state index is 13.4. The fourth-order valence-electron chi connectivity index (χ4n) is 2.57. The smallest absolute Gasteiger partial charge is 0.419 e. The third-order valence-corrected chi connectivity index (χ3v) is 4.24. The zero-order valence-electron chi connectivity index (χ0n) is 14.8. The number of rotatable bonds is 4. The number of hydrogen-bond donors (Lipinski definition) is 0. The van der Waals surface area contributed by atoms with Gasteiger partial charge in [-0.05, 0) is 62.7 Å². The Hall–Kier alpha value is -2.35. The topological polar surface area (TPSA) is 48.2 Å². The molecule has 3 aromatic rings. The van der Waals surface area contributed by atoms with E-state index in [9.17, 15) is 13.2 Å². The lowest BCUT2D eigenvalue weighted by atomic mass is 10.1. The highest BCUT2D eigenvalue weighted by molar-refractivity contribution is 9.10. The molecule has 142 valence electrons. The largest absolute Gasteiger partial charge is 0.490 e. The summed E-state index contributed by atoms with van der Waals surface area (Å²) in [6.07, 6.45) is -4.95. The van der Waals surface area contributed by atoms with Crippen molar-refractivity contribution in [1.29, 1.82) is 0 Å². The second kappa shape index (κ2) is 7.34. The molecule has 0 bridgehead atoms. The van der Waals surface area contributed by atoms with E-state index >= 15 is 0 Å². The number of benzene rings is 2. The van der Waals surface area contributed by atoms with Crippen molar-refractivity contribution in [2.75, 3.05) is 0 Å². The predicted octanol–water partition coefficient (Wildman–Crippen LogP) is 6.28. The lowest BCUT2D eigenvalue weighted by molar-refractivity contribution is -0.139. The summed E-state index contributed by atoms with van der Waals surface area (Å²) < 4.78 is 51.6. The van der Waals surface area contributed by atoms with Gasteiger partial charge in [0.2, 0.25) is 5.82 Å². The van der Waals surface area contributed by atoms with Crippen LogP contribution in [0.3, 0.4) is 0 Å². The van der Waals surface area contributed by atoms with Crippen LogP contribution in [0.15, 0.2) is 45.4 Å². The van der Waals surface area contributed by atoms with E-state index < -0.39 is 11.7 Å². The maximum Gasteiger partial charge on any atom is 0.419 e. The summed E-state index contributed by atoms with van der Waals surface area (Å²) in [4.78, 5) is 4.25. The number of halogens is 4. The molecule has 0 spiro atoms. The van der Waals surface area contributed by atoms with E-state index in [2.05, 4.69) is 26.1 Å². The molecule has 0 fully saturated rings. The van der Waals surface area contributed by atoms with Gasteiger partial charge in [-0.15, -0.1) is 0 Å². The number of aromatic nitrogens is 2. The number of alkyl halides is 3. The molecule has 0 radical (unpaired) electrons. The Morgan fingerprint density at radius 2 is 1.85 bits per heavy atom. The maximum atomic E-state index is 13.4. The number of hydrogen-bond acceptors (Lipinski definition) is 4. The van der Waals surface area contributed by atoms with Gasteiger partial charge in [0.05, 0.1) is 11.7 Å². The molecule has 0 N–H and O–H groups in total. The Morgan fingerprint density at radius 1 is 1.11 bits per heavy atom. The minimum absolute atomic E-state index is 0.00826. The van der Waals surface area contributed by atoms with Crippen LogP contribution in [0, 0.1) is 6.92 Å². The Balaban J connectivity index is 2.01. The predicted molar refractivity (Wildman–Crippen MR) is 98.4 cm³/mol. The van der Waals surface area contributed by atoms with E-state index in [4.69, 9.17) is 9.26 Å². The molecule has 4 nitrogen and oxygen atoms in total. The van der Waals surface area contributed by atoms with E-state index in [1.165, 1.54) is 12.1 Å². The molecule has 0 aliphatic rings. The van der Waals surface area contributed by atoms with E-state index in [1.807, 2.05) is 25.1 Å².